The number of hydrogen-bond donors (Lipinski definition) is 0. The van der Waals surface area contributed by atoms with Crippen LogP contribution in [0.4, 0.5) is 0 Å². The summed E-state index contributed by atoms with van der Waals surface area (Å²) in [5.41, 5.74) is 11.5. The quantitative estimate of drug-likeness (QED) is 0.456. The van der Waals surface area contributed by atoms with Gasteiger partial charge in [0.25, 0.3) is 0 Å². The predicted molar refractivity (Wildman–Crippen MR) is 67.9 cm³/mol. The van der Waals surface area contributed by atoms with Crippen LogP contribution in [0.15, 0.2) is 47.7 Å². The molecule has 2 aromatic rings. The summed E-state index contributed by atoms with van der Waals surface area (Å²) in [6, 6.07) is 10.8. The van der Waals surface area contributed by atoms with E-state index in [2.05, 4.69) is 15.0 Å². The number of aryl methyl sites for hydroxylation is 1. The number of amides is 1. The van der Waals surface area contributed by atoms with Gasteiger partial charge >= 0.3 is 0 Å². The molecule has 1 amide bonds. The molecule has 0 fully saturated rings. The van der Waals surface area contributed by atoms with E-state index in [9.17, 15) is 4.79 Å². The second kappa shape index (κ2) is 5.12. The number of rotatable bonds is 2. The zero-order valence-electron chi connectivity index (χ0n) is 9.74. The van der Waals surface area contributed by atoms with E-state index in [1.165, 1.54) is 0 Å². The predicted octanol–water partition coefficient (Wildman–Crippen LogP) is 3.51. The Morgan fingerprint density at radius 1 is 1.22 bits per heavy atom. The molecule has 0 saturated carbocycles. The molecule has 2 rings (SSSR count). The zero-order chi connectivity index (χ0) is 13.0. The van der Waals surface area contributed by atoms with Crippen molar-refractivity contribution < 1.29 is 4.79 Å². The van der Waals surface area contributed by atoms with E-state index in [1.54, 1.807) is 18.3 Å². The largest absolute Gasteiger partial charge is 0.287 e. The lowest BCUT2D eigenvalue weighted by Gasteiger charge is -2.03. The molecule has 5 heteroatoms. The first-order chi connectivity index (χ1) is 8.70. The first-order valence-electron chi connectivity index (χ1n) is 5.33. The fraction of sp³-hybridized carbons (Fsp3) is 0.0769. The van der Waals surface area contributed by atoms with Crippen molar-refractivity contribution in [1.29, 1.82) is 0 Å². The Hall–Kier alpha value is -2.65. The number of nitrogens with zero attached hydrogens (tertiary/aromatic N) is 4. The Morgan fingerprint density at radius 2 is 1.94 bits per heavy atom. The van der Waals surface area contributed by atoms with E-state index in [1.807, 2.05) is 31.2 Å². The van der Waals surface area contributed by atoms with E-state index in [0.717, 1.165) is 16.8 Å². The highest BCUT2D eigenvalue weighted by atomic mass is 16.1. The van der Waals surface area contributed by atoms with Crippen molar-refractivity contribution in [2.75, 3.05) is 0 Å². The van der Waals surface area contributed by atoms with Crippen LogP contribution in [0.25, 0.3) is 21.6 Å². The zero-order valence-corrected chi connectivity index (χ0v) is 9.74. The van der Waals surface area contributed by atoms with Gasteiger partial charge in [-0.15, -0.1) is 0 Å². The molecule has 0 aliphatic carbocycles. The van der Waals surface area contributed by atoms with Crippen LogP contribution < -0.4 is 0 Å². The third-order valence-electron chi connectivity index (χ3n) is 2.50. The number of hydrogen-bond acceptors (Lipinski definition) is 2. The summed E-state index contributed by atoms with van der Waals surface area (Å²) in [6.45, 7) is 1.92. The number of aromatic nitrogens is 1. The smallest absolute Gasteiger partial charge is 0.249 e. The summed E-state index contributed by atoms with van der Waals surface area (Å²) in [5.74, 6) is -0.574. The third kappa shape index (κ3) is 2.53. The normalized spacial score (nSPS) is 9.61. The average Bonchev–Trinajstić information content (AvgIpc) is 2.39. The lowest BCUT2D eigenvalue weighted by Crippen LogP contribution is -1.92. The van der Waals surface area contributed by atoms with Crippen molar-refractivity contribution >= 4 is 5.91 Å². The van der Waals surface area contributed by atoms with Crippen molar-refractivity contribution in [2.45, 2.75) is 6.92 Å². The molecule has 0 spiro atoms. The average molecular weight is 238 g/mol. The molecule has 0 N–H and O–H groups in total. The molecule has 0 saturated heterocycles. The number of pyridine rings is 1. The number of benzene rings is 1. The summed E-state index contributed by atoms with van der Waals surface area (Å²) in [5, 5.41) is 3.04. The molecule has 5 nitrogen and oxygen atoms in total. The third-order valence-corrected chi connectivity index (χ3v) is 2.50. The van der Waals surface area contributed by atoms with E-state index < -0.39 is 5.91 Å². The van der Waals surface area contributed by atoms with Crippen molar-refractivity contribution in [1.82, 2.24) is 4.98 Å². The van der Waals surface area contributed by atoms with Gasteiger partial charge in [-0.25, -0.2) is 0 Å². The maximum absolute atomic E-state index is 11.3. The van der Waals surface area contributed by atoms with Gasteiger partial charge in [0.05, 0.1) is 0 Å². The van der Waals surface area contributed by atoms with Crippen LogP contribution in [-0.4, -0.2) is 10.9 Å². The molecular formula is C13H10N4O. The standard InChI is InChI=1S/C13H10N4O/c1-9-8-12(6-7-15-9)10-2-4-11(5-3-10)13(18)16-17-14/h2-8H,1H3. The lowest BCUT2D eigenvalue weighted by atomic mass is 10.0. The first-order valence-corrected chi connectivity index (χ1v) is 5.33. The fourth-order valence-corrected chi connectivity index (χ4v) is 1.63. The van der Waals surface area contributed by atoms with Gasteiger partial charge in [0.15, 0.2) is 0 Å². The molecule has 0 bridgehead atoms. The first kappa shape index (κ1) is 11.8. The second-order valence-corrected chi connectivity index (χ2v) is 3.76. The molecular weight excluding hydrogens is 228 g/mol. The highest BCUT2D eigenvalue weighted by Crippen LogP contribution is 2.20. The lowest BCUT2D eigenvalue weighted by molar-refractivity contribution is 0.100. The van der Waals surface area contributed by atoms with E-state index in [-0.39, 0.29) is 0 Å². The maximum Gasteiger partial charge on any atom is 0.249 e. The number of azide groups is 1. The summed E-state index contributed by atoms with van der Waals surface area (Å²) in [7, 11) is 0. The SMILES string of the molecule is Cc1cc(-c2ccc(C(=O)N=[N+]=[N-])cc2)ccn1. The minimum atomic E-state index is -0.574. The highest BCUT2D eigenvalue weighted by Gasteiger charge is 2.03. The Bertz CT molecular complexity index is 628. The van der Waals surface area contributed by atoms with Gasteiger partial charge in [0.2, 0.25) is 5.91 Å². The highest BCUT2D eigenvalue weighted by molar-refractivity contribution is 5.95. The van der Waals surface area contributed by atoms with Gasteiger partial charge in [0, 0.05) is 22.4 Å². The van der Waals surface area contributed by atoms with Crippen LogP contribution in [0.5, 0.6) is 0 Å². The number of carbonyl (C=O) groups excluding carboxylic acids is 1. The number of carbonyl (C=O) groups is 1. The van der Waals surface area contributed by atoms with E-state index in [0.29, 0.717) is 5.56 Å². The molecule has 0 radical (unpaired) electrons. The molecule has 1 aromatic heterocycles. The Labute approximate surface area is 104 Å². The summed E-state index contributed by atoms with van der Waals surface area (Å²) < 4.78 is 0. The Morgan fingerprint density at radius 3 is 2.56 bits per heavy atom. The van der Waals surface area contributed by atoms with E-state index >= 15 is 0 Å². The fourth-order valence-electron chi connectivity index (χ4n) is 1.63. The van der Waals surface area contributed by atoms with Gasteiger partial charge in [-0.1, -0.05) is 24.3 Å². The summed E-state index contributed by atoms with van der Waals surface area (Å²) in [4.78, 5) is 17.9. The van der Waals surface area contributed by atoms with Crippen LogP contribution in [0.1, 0.15) is 16.1 Å². The molecule has 0 aliphatic heterocycles. The van der Waals surface area contributed by atoms with Crippen molar-refractivity contribution in [3.63, 3.8) is 0 Å². The molecule has 88 valence electrons. The second-order valence-electron chi connectivity index (χ2n) is 3.76. The molecule has 0 atom stereocenters. The van der Waals surface area contributed by atoms with Gasteiger partial charge in [-0.2, -0.15) is 0 Å². The van der Waals surface area contributed by atoms with Crippen molar-refractivity contribution in [3.8, 4) is 11.1 Å². The maximum atomic E-state index is 11.3. The Kier molecular flexibility index (Phi) is 3.36. The van der Waals surface area contributed by atoms with Crippen LogP contribution in [0, 0.1) is 6.92 Å². The van der Waals surface area contributed by atoms with Crippen molar-refractivity contribution in [2.24, 2.45) is 5.11 Å². The molecule has 18 heavy (non-hydrogen) atoms. The minimum Gasteiger partial charge on any atom is -0.287 e. The molecule has 1 heterocycles. The van der Waals surface area contributed by atoms with Gasteiger partial charge in [-0.3, -0.25) is 9.78 Å². The van der Waals surface area contributed by atoms with Crippen LogP contribution >= 0.6 is 0 Å². The molecule has 0 aliphatic rings. The topological polar surface area (TPSA) is 78.7 Å². The molecule has 0 unspecified atom stereocenters. The van der Waals surface area contributed by atoms with Crippen LogP contribution in [-0.2, 0) is 0 Å². The van der Waals surface area contributed by atoms with Crippen LogP contribution in [0.2, 0.25) is 0 Å². The van der Waals surface area contributed by atoms with Crippen LogP contribution in [0.3, 0.4) is 0 Å². The Balaban J connectivity index is 2.33. The molecule has 1 aromatic carbocycles. The monoisotopic (exact) mass is 238 g/mol. The van der Waals surface area contributed by atoms with Gasteiger partial charge in [0.1, 0.15) is 0 Å². The summed E-state index contributed by atoms with van der Waals surface area (Å²) >= 11 is 0. The van der Waals surface area contributed by atoms with Gasteiger partial charge in [-0.05, 0) is 40.8 Å². The van der Waals surface area contributed by atoms with Crippen molar-refractivity contribution in [3.05, 3.63) is 64.3 Å². The van der Waals surface area contributed by atoms with Gasteiger partial charge < -0.3 is 0 Å². The summed E-state index contributed by atoms with van der Waals surface area (Å²) in [6.07, 6.45) is 1.74. The van der Waals surface area contributed by atoms with E-state index in [4.69, 9.17) is 5.53 Å². The minimum absolute atomic E-state index is 0.377.